The van der Waals surface area contributed by atoms with Crippen molar-refractivity contribution in [3.05, 3.63) is 66.0 Å². The quantitative estimate of drug-likeness (QED) is 0.684. The van der Waals surface area contributed by atoms with Gasteiger partial charge in [0.15, 0.2) is 0 Å². The minimum Gasteiger partial charge on any atom is -0.394 e. The Balaban J connectivity index is 1.83. The van der Waals surface area contributed by atoms with Gasteiger partial charge in [0.25, 0.3) is 5.91 Å². The molecule has 5 heteroatoms. The SMILES string of the molecule is O=C(N[C@H](CO)c1nc2ccccc2[nH]1)c1ccccc1. The summed E-state index contributed by atoms with van der Waals surface area (Å²) >= 11 is 0. The van der Waals surface area contributed by atoms with E-state index in [0.29, 0.717) is 11.4 Å². The Morgan fingerprint density at radius 3 is 2.57 bits per heavy atom. The number of aromatic nitrogens is 2. The van der Waals surface area contributed by atoms with Gasteiger partial charge in [-0.1, -0.05) is 30.3 Å². The number of aliphatic hydroxyl groups excluding tert-OH is 1. The number of fused-ring (bicyclic) bond motifs is 1. The Hall–Kier alpha value is -2.66. The largest absolute Gasteiger partial charge is 0.394 e. The Kier molecular flexibility index (Phi) is 3.66. The summed E-state index contributed by atoms with van der Waals surface area (Å²) in [4.78, 5) is 19.7. The van der Waals surface area contributed by atoms with Gasteiger partial charge >= 0.3 is 0 Å². The molecule has 1 aromatic heterocycles. The van der Waals surface area contributed by atoms with Gasteiger partial charge in [0.1, 0.15) is 11.9 Å². The third-order valence-electron chi connectivity index (χ3n) is 3.26. The highest BCUT2D eigenvalue weighted by Crippen LogP contribution is 2.16. The lowest BCUT2D eigenvalue weighted by Gasteiger charge is -2.13. The number of aliphatic hydroxyl groups is 1. The van der Waals surface area contributed by atoms with Gasteiger partial charge in [-0.3, -0.25) is 4.79 Å². The molecule has 0 aliphatic rings. The van der Waals surface area contributed by atoms with Crippen LogP contribution in [-0.4, -0.2) is 27.6 Å². The van der Waals surface area contributed by atoms with Crippen molar-refractivity contribution in [2.75, 3.05) is 6.61 Å². The van der Waals surface area contributed by atoms with E-state index in [9.17, 15) is 9.90 Å². The van der Waals surface area contributed by atoms with Crippen LogP contribution >= 0.6 is 0 Å². The molecular formula is C16H15N3O2. The van der Waals surface area contributed by atoms with Gasteiger partial charge in [-0.05, 0) is 24.3 Å². The second kappa shape index (κ2) is 5.76. The fourth-order valence-electron chi connectivity index (χ4n) is 2.17. The van der Waals surface area contributed by atoms with Crippen molar-refractivity contribution in [2.24, 2.45) is 0 Å². The van der Waals surface area contributed by atoms with E-state index in [1.165, 1.54) is 0 Å². The first-order chi connectivity index (χ1) is 10.3. The second-order valence-electron chi connectivity index (χ2n) is 4.71. The molecule has 2 aromatic carbocycles. The second-order valence-corrected chi connectivity index (χ2v) is 4.71. The predicted molar refractivity (Wildman–Crippen MR) is 79.8 cm³/mol. The third kappa shape index (κ3) is 2.78. The summed E-state index contributed by atoms with van der Waals surface area (Å²) in [6.45, 7) is -0.224. The highest BCUT2D eigenvalue weighted by atomic mass is 16.3. The standard InChI is InChI=1S/C16H15N3O2/c20-10-14(19-16(21)11-6-2-1-3-7-11)15-17-12-8-4-5-9-13(12)18-15/h1-9,14,20H,10H2,(H,17,18)(H,19,21)/t14-/m1/s1. The van der Waals surface area contributed by atoms with Crippen molar-refractivity contribution in [1.29, 1.82) is 0 Å². The fourth-order valence-corrected chi connectivity index (χ4v) is 2.17. The van der Waals surface area contributed by atoms with E-state index < -0.39 is 6.04 Å². The van der Waals surface area contributed by atoms with Crippen LogP contribution < -0.4 is 5.32 Å². The first kappa shape index (κ1) is 13.3. The minimum absolute atomic E-state index is 0.224. The van der Waals surface area contributed by atoms with Gasteiger partial charge in [-0.25, -0.2) is 4.98 Å². The number of rotatable bonds is 4. The summed E-state index contributed by atoms with van der Waals surface area (Å²) in [5.41, 5.74) is 2.23. The number of carbonyl (C=O) groups is 1. The molecule has 1 amide bonds. The zero-order chi connectivity index (χ0) is 14.7. The molecular weight excluding hydrogens is 266 g/mol. The molecule has 3 aromatic rings. The average molecular weight is 281 g/mol. The van der Waals surface area contributed by atoms with Gasteiger partial charge < -0.3 is 15.4 Å². The average Bonchev–Trinajstić information content (AvgIpc) is 2.97. The maximum Gasteiger partial charge on any atom is 0.251 e. The van der Waals surface area contributed by atoms with Crippen LogP contribution in [-0.2, 0) is 0 Å². The van der Waals surface area contributed by atoms with E-state index in [1.54, 1.807) is 24.3 Å². The van der Waals surface area contributed by atoms with Crippen molar-refractivity contribution in [1.82, 2.24) is 15.3 Å². The molecule has 5 nitrogen and oxygen atoms in total. The van der Waals surface area contributed by atoms with Crippen LogP contribution in [0.25, 0.3) is 11.0 Å². The van der Waals surface area contributed by atoms with Crippen LogP contribution in [0.5, 0.6) is 0 Å². The smallest absolute Gasteiger partial charge is 0.251 e. The molecule has 0 unspecified atom stereocenters. The molecule has 1 atom stereocenters. The molecule has 21 heavy (non-hydrogen) atoms. The minimum atomic E-state index is -0.565. The number of amides is 1. The molecule has 0 spiro atoms. The number of benzene rings is 2. The molecule has 0 aliphatic carbocycles. The molecule has 0 fully saturated rings. The number of hydrogen-bond donors (Lipinski definition) is 3. The van der Waals surface area contributed by atoms with Crippen LogP contribution in [0.15, 0.2) is 54.6 Å². The van der Waals surface area contributed by atoms with Crippen LogP contribution in [0.4, 0.5) is 0 Å². The van der Waals surface area contributed by atoms with Gasteiger partial charge in [0, 0.05) is 5.56 Å². The Bertz CT molecular complexity index is 719. The molecule has 106 valence electrons. The zero-order valence-electron chi connectivity index (χ0n) is 11.3. The highest BCUT2D eigenvalue weighted by Gasteiger charge is 2.18. The maximum atomic E-state index is 12.1. The van der Waals surface area contributed by atoms with Crippen LogP contribution in [0.3, 0.4) is 0 Å². The van der Waals surface area contributed by atoms with Crippen molar-refractivity contribution in [2.45, 2.75) is 6.04 Å². The number of nitrogens with zero attached hydrogens (tertiary/aromatic N) is 1. The van der Waals surface area contributed by atoms with E-state index in [1.807, 2.05) is 30.3 Å². The van der Waals surface area contributed by atoms with Gasteiger partial charge in [-0.2, -0.15) is 0 Å². The lowest BCUT2D eigenvalue weighted by molar-refractivity contribution is 0.0913. The fraction of sp³-hybridized carbons (Fsp3) is 0.125. The number of hydrogen-bond acceptors (Lipinski definition) is 3. The van der Waals surface area contributed by atoms with Crippen LogP contribution in [0, 0.1) is 0 Å². The molecule has 3 rings (SSSR count). The molecule has 0 radical (unpaired) electrons. The molecule has 0 aliphatic heterocycles. The van der Waals surface area contributed by atoms with Crippen molar-refractivity contribution in [3.63, 3.8) is 0 Å². The van der Waals surface area contributed by atoms with Gasteiger partial charge in [-0.15, -0.1) is 0 Å². The van der Waals surface area contributed by atoms with Gasteiger partial charge in [0.05, 0.1) is 17.6 Å². The van der Waals surface area contributed by atoms with Crippen molar-refractivity contribution < 1.29 is 9.90 Å². The van der Waals surface area contributed by atoms with E-state index in [0.717, 1.165) is 11.0 Å². The number of H-pyrrole nitrogens is 1. The number of aromatic amines is 1. The van der Waals surface area contributed by atoms with Crippen LogP contribution in [0.1, 0.15) is 22.2 Å². The summed E-state index contributed by atoms with van der Waals surface area (Å²) in [7, 11) is 0. The first-order valence-electron chi connectivity index (χ1n) is 6.69. The summed E-state index contributed by atoms with van der Waals surface area (Å²) in [6.07, 6.45) is 0. The van der Waals surface area contributed by atoms with E-state index in [-0.39, 0.29) is 12.5 Å². The Labute approximate surface area is 121 Å². The van der Waals surface area contributed by atoms with Crippen LogP contribution in [0.2, 0.25) is 0 Å². The Morgan fingerprint density at radius 2 is 1.86 bits per heavy atom. The first-order valence-corrected chi connectivity index (χ1v) is 6.69. The molecule has 0 bridgehead atoms. The van der Waals surface area contributed by atoms with E-state index >= 15 is 0 Å². The van der Waals surface area contributed by atoms with E-state index in [4.69, 9.17) is 0 Å². The maximum absolute atomic E-state index is 12.1. The lowest BCUT2D eigenvalue weighted by Crippen LogP contribution is -2.31. The zero-order valence-corrected chi connectivity index (χ0v) is 11.3. The topological polar surface area (TPSA) is 78.0 Å². The molecule has 0 saturated carbocycles. The summed E-state index contributed by atoms with van der Waals surface area (Å²) in [5.74, 6) is 0.304. The molecule has 1 heterocycles. The monoisotopic (exact) mass is 281 g/mol. The number of imidazole rings is 1. The van der Waals surface area contributed by atoms with Crippen molar-refractivity contribution >= 4 is 16.9 Å². The van der Waals surface area contributed by atoms with Gasteiger partial charge in [0.2, 0.25) is 0 Å². The lowest BCUT2D eigenvalue weighted by atomic mass is 10.2. The molecule has 3 N–H and O–H groups in total. The van der Waals surface area contributed by atoms with E-state index in [2.05, 4.69) is 15.3 Å². The summed E-state index contributed by atoms with van der Waals surface area (Å²) < 4.78 is 0. The number of carbonyl (C=O) groups excluding carboxylic acids is 1. The number of nitrogens with one attached hydrogen (secondary N) is 2. The van der Waals surface area contributed by atoms with Crippen molar-refractivity contribution in [3.8, 4) is 0 Å². The number of para-hydroxylation sites is 2. The normalized spacial score (nSPS) is 12.2. The highest BCUT2D eigenvalue weighted by molar-refractivity contribution is 5.94. The Morgan fingerprint density at radius 1 is 1.14 bits per heavy atom. The summed E-state index contributed by atoms with van der Waals surface area (Å²) in [6, 6.07) is 15.9. The molecule has 0 saturated heterocycles. The third-order valence-corrected chi connectivity index (χ3v) is 3.26. The summed E-state index contributed by atoms with van der Waals surface area (Å²) in [5, 5.41) is 12.3. The predicted octanol–water partition coefficient (Wildman–Crippen LogP) is 2.03.